The summed E-state index contributed by atoms with van der Waals surface area (Å²) in [6, 6.07) is 2.31. The molecular formula is C17H26N2OS. The highest BCUT2D eigenvalue weighted by molar-refractivity contribution is 7.10. The Labute approximate surface area is 131 Å². The third kappa shape index (κ3) is 2.79. The van der Waals surface area contributed by atoms with Crippen LogP contribution in [-0.2, 0) is 16.8 Å². The fourth-order valence-electron chi connectivity index (χ4n) is 4.27. The summed E-state index contributed by atoms with van der Waals surface area (Å²) < 4.78 is 6.30. The summed E-state index contributed by atoms with van der Waals surface area (Å²) in [6.07, 6.45) is 6.23. The van der Waals surface area contributed by atoms with Crippen molar-refractivity contribution in [3.05, 3.63) is 21.9 Å². The van der Waals surface area contributed by atoms with E-state index in [0.29, 0.717) is 0 Å². The van der Waals surface area contributed by atoms with Gasteiger partial charge in [0, 0.05) is 24.5 Å². The molecular weight excluding hydrogens is 280 g/mol. The van der Waals surface area contributed by atoms with Crippen LogP contribution in [0.25, 0.3) is 0 Å². The average molecular weight is 306 g/mol. The quantitative estimate of drug-likeness (QED) is 0.909. The number of likely N-dealkylation sites (tertiary alicyclic amines) is 1. The summed E-state index contributed by atoms with van der Waals surface area (Å²) in [5.41, 5.74) is 1.61. The van der Waals surface area contributed by atoms with E-state index in [9.17, 15) is 0 Å². The summed E-state index contributed by atoms with van der Waals surface area (Å²) in [5.74, 6) is 0.859. The molecule has 0 radical (unpaired) electrons. The second kappa shape index (κ2) is 5.99. The lowest BCUT2D eigenvalue weighted by atomic mass is 9.85. The van der Waals surface area contributed by atoms with Gasteiger partial charge in [0.1, 0.15) is 5.60 Å². The van der Waals surface area contributed by atoms with E-state index >= 15 is 0 Å². The fourth-order valence-corrected chi connectivity index (χ4v) is 5.44. The second-order valence-electron chi connectivity index (χ2n) is 6.88. The van der Waals surface area contributed by atoms with Crippen molar-refractivity contribution in [1.82, 2.24) is 10.2 Å². The maximum Gasteiger partial charge on any atom is 0.105 e. The minimum atomic E-state index is 0.0586. The van der Waals surface area contributed by atoms with Crippen molar-refractivity contribution < 1.29 is 4.74 Å². The van der Waals surface area contributed by atoms with Crippen LogP contribution in [0.4, 0.5) is 0 Å². The van der Waals surface area contributed by atoms with Gasteiger partial charge in [0.05, 0.1) is 6.61 Å². The summed E-state index contributed by atoms with van der Waals surface area (Å²) >= 11 is 1.91. The van der Waals surface area contributed by atoms with Crippen LogP contribution in [0.3, 0.4) is 0 Å². The van der Waals surface area contributed by atoms with E-state index in [4.69, 9.17) is 4.74 Å². The third-order valence-electron chi connectivity index (χ3n) is 5.49. The smallest absolute Gasteiger partial charge is 0.105 e. The van der Waals surface area contributed by atoms with E-state index in [0.717, 1.165) is 18.9 Å². The number of hydrogen-bond donors (Lipinski definition) is 1. The molecule has 0 saturated carbocycles. The number of nitrogens with zero attached hydrogens (tertiary/aromatic N) is 1. The molecule has 0 aromatic carbocycles. The van der Waals surface area contributed by atoms with Gasteiger partial charge in [0.15, 0.2) is 0 Å². The molecule has 4 rings (SSSR count). The van der Waals surface area contributed by atoms with Gasteiger partial charge in [-0.2, -0.15) is 0 Å². The van der Waals surface area contributed by atoms with Gasteiger partial charge in [-0.05, 0) is 68.1 Å². The molecule has 1 aromatic rings. The van der Waals surface area contributed by atoms with E-state index in [2.05, 4.69) is 21.7 Å². The SMILES string of the molecule is c1cc2c(s1)C1(CCN(CC3CCCNC3)CC1)OCC2. The Hall–Kier alpha value is -0.420. The predicted octanol–water partition coefficient (Wildman–Crippen LogP) is 2.61. The number of thiophene rings is 1. The molecule has 1 aromatic heterocycles. The molecule has 2 saturated heterocycles. The van der Waals surface area contributed by atoms with Crippen LogP contribution in [-0.4, -0.2) is 44.2 Å². The van der Waals surface area contributed by atoms with Gasteiger partial charge < -0.3 is 15.0 Å². The molecule has 1 atom stereocenters. The Balaban J connectivity index is 1.39. The van der Waals surface area contributed by atoms with E-state index in [1.807, 2.05) is 11.3 Å². The van der Waals surface area contributed by atoms with E-state index in [-0.39, 0.29) is 5.60 Å². The van der Waals surface area contributed by atoms with Crippen LogP contribution in [0.15, 0.2) is 11.4 Å². The van der Waals surface area contributed by atoms with Gasteiger partial charge >= 0.3 is 0 Å². The lowest BCUT2D eigenvalue weighted by Gasteiger charge is -2.44. The highest BCUT2D eigenvalue weighted by atomic mass is 32.1. The molecule has 3 aliphatic rings. The normalized spacial score (nSPS) is 29.4. The molecule has 1 spiro atoms. The number of fused-ring (bicyclic) bond motifs is 2. The Morgan fingerprint density at radius 3 is 3.10 bits per heavy atom. The van der Waals surface area contributed by atoms with E-state index < -0.39 is 0 Å². The van der Waals surface area contributed by atoms with E-state index in [1.54, 1.807) is 5.56 Å². The maximum absolute atomic E-state index is 6.30. The zero-order valence-corrected chi connectivity index (χ0v) is 13.6. The first-order chi connectivity index (χ1) is 10.4. The van der Waals surface area contributed by atoms with Crippen LogP contribution in [0.2, 0.25) is 0 Å². The van der Waals surface area contributed by atoms with Gasteiger partial charge in [0.2, 0.25) is 0 Å². The zero-order chi connectivity index (χ0) is 14.1. The van der Waals surface area contributed by atoms with Gasteiger partial charge in [-0.15, -0.1) is 11.3 Å². The topological polar surface area (TPSA) is 24.5 Å². The Kier molecular flexibility index (Phi) is 4.05. The van der Waals surface area contributed by atoms with Crippen molar-refractivity contribution in [2.45, 2.75) is 37.7 Å². The Morgan fingerprint density at radius 2 is 2.29 bits per heavy atom. The van der Waals surface area contributed by atoms with Crippen LogP contribution in [0.5, 0.6) is 0 Å². The zero-order valence-electron chi connectivity index (χ0n) is 12.8. The minimum absolute atomic E-state index is 0.0586. The van der Waals surface area contributed by atoms with Crippen molar-refractivity contribution in [2.24, 2.45) is 5.92 Å². The lowest BCUT2D eigenvalue weighted by Crippen LogP contribution is -2.48. The fraction of sp³-hybridized carbons (Fsp3) is 0.765. The molecule has 0 aliphatic carbocycles. The molecule has 0 amide bonds. The summed E-state index contributed by atoms with van der Waals surface area (Å²) in [6.45, 7) is 7.03. The van der Waals surface area contributed by atoms with Crippen LogP contribution >= 0.6 is 11.3 Å². The summed E-state index contributed by atoms with van der Waals surface area (Å²) in [5, 5.41) is 5.79. The lowest BCUT2D eigenvalue weighted by molar-refractivity contribution is -0.0965. The van der Waals surface area contributed by atoms with Crippen molar-refractivity contribution in [3.63, 3.8) is 0 Å². The first-order valence-electron chi connectivity index (χ1n) is 8.50. The highest BCUT2D eigenvalue weighted by Crippen LogP contribution is 2.44. The average Bonchev–Trinajstić information content (AvgIpc) is 3.01. The minimum Gasteiger partial charge on any atom is -0.369 e. The number of ether oxygens (including phenoxy) is 1. The molecule has 116 valence electrons. The monoisotopic (exact) mass is 306 g/mol. The third-order valence-corrected chi connectivity index (χ3v) is 6.63. The van der Waals surface area contributed by atoms with Crippen LogP contribution in [0, 0.1) is 5.92 Å². The van der Waals surface area contributed by atoms with Gasteiger partial charge in [0.25, 0.3) is 0 Å². The largest absolute Gasteiger partial charge is 0.369 e. The molecule has 0 bridgehead atoms. The standard InChI is InChI=1S/C17H26N2OS/c1-2-14(12-18-7-1)13-19-8-5-17(6-9-19)16-15(3-10-20-17)4-11-21-16/h4,11,14,18H,1-3,5-10,12-13H2. The molecule has 3 nitrogen and oxygen atoms in total. The number of rotatable bonds is 2. The number of hydrogen-bond acceptors (Lipinski definition) is 4. The molecule has 4 heteroatoms. The maximum atomic E-state index is 6.30. The first-order valence-corrected chi connectivity index (χ1v) is 9.38. The number of nitrogens with one attached hydrogen (secondary N) is 1. The van der Waals surface area contributed by atoms with Gasteiger partial charge in [-0.25, -0.2) is 0 Å². The number of piperidine rings is 2. The second-order valence-corrected chi connectivity index (χ2v) is 7.80. The van der Waals surface area contributed by atoms with Crippen molar-refractivity contribution >= 4 is 11.3 Å². The first kappa shape index (κ1) is 14.2. The van der Waals surface area contributed by atoms with Gasteiger partial charge in [-0.1, -0.05) is 0 Å². The predicted molar refractivity (Wildman–Crippen MR) is 86.9 cm³/mol. The van der Waals surface area contributed by atoms with Crippen LogP contribution < -0.4 is 5.32 Å². The molecule has 1 N–H and O–H groups in total. The van der Waals surface area contributed by atoms with E-state index in [1.165, 1.54) is 63.3 Å². The highest BCUT2D eigenvalue weighted by Gasteiger charge is 2.41. The molecule has 2 fully saturated rings. The van der Waals surface area contributed by atoms with Gasteiger partial charge in [-0.3, -0.25) is 0 Å². The summed E-state index contributed by atoms with van der Waals surface area (Å²) in [4.78, 5) is 4.21. The summed E-state index contributed by atoms with van der Waals surface area (Å²) in [7, 11) is 0. The van der Waals surface area contributed by atoms with Crippen molar-refractivity contribution in [1.29, 1.82) is 0 Å². The molecule has 1 unspecified atom stereocenters. The Morgan fingerprint density at radius 1 is 1.38 bits per heavy atom. The molecule has 21 heavy (non-hydrogen) atoms. The van der Waals surface area contributed by atoms with Crippen molar-refractivity contribution in [2.75, 3.05) is 39.3 Å². The Bertz CT molecular complexity index is 473. The van der Waals surface area contributed by atoms with Crippen LogP contribution in [0.1, 0.15) is 36.1 Å². The molecule has 3 aliphatic heterocycles. The molecule has 4 heterocycles. The van der Waals surface area contributed by atoms with Crippen molar-refractivity contribution in [3.8, 4) is 0 Å².